The highest BCUT2D eigenvalue weighted by Gasteiger charge is 2.28. The Bertz CT molecular complexity index is 671. The SMILES string of the molecule is CCCc1nc2ccc(C(=O)O)cc2n1CC1CC(O)C1. The van der Waals surface area contributed by atoms with E-state index in [1.54, 1.807) is 18.2 Å². The molecule has 1 aromatic carbocycles. The van der Waals surface area contributed by atoms with Crippen LogP contribution in [-0.4, -0.2) is 31.8 Å². The molecule has 1 aromatic heterocycles. The number of nitrogens with zero attached hydrogens (tertiary/aromatic N) is 2. The number of imidazole rings is 1. The first-order valence-electron chi connectivity index (χ1n) is 7.49. The lowest BCUT2D eigenvalue weighted by molar-refractivity contribution is 0.0354. The van der Waals surface area contributed by atoms with Crippen molar-refractivity contribution in [2.24, 2.45) is 5.92 Å². The second kappa shape index (κ2) is 5.48. The van der Waals surface area contributed by atoms with Crippen molar-refractivity contribution in [3.8, 4) is 0 Å². The van der Waals surface area contributed by atoms with Crippen LogP contribution in [0.1, 0.15) is 42.4 Å². The van der Waals surface area contributed by atoms with Gasteiger partial charge in [-0.25, -0.2) is 9.78 Å². The number of carbonyl (C=O) groups is 1. The van der Waals surface area contributed by atoms with Crippen molar-refractivity contribution in [3.63, 3.8) is 0 Å². The lowest BCUT2D eigenvalue weighted by Gasteiger charge is -2.32. The van der Waals surface area contributed by atoms with Crippen LogP contribution in [0.4, 0.5) is 0 Å². The highest BCUT2D eigenvalue weighted by Crippen LogP contribution is 2.31. The Morgan fingerprint density at radius 3 is 2.81 bits per heavy atom. The van der Waals surface area contributed by atoms with Crippen LogP contribution in [0.5, 0.6) is 0 Å². The highest BCUT2D eigenvalue weighted by atomic mass is 16.4. The van der Waals surface area contributed by atoms with Crippen LogP contribution < -0.4 is 0 Å². The molecule has 0 amide bonds. The number of aryl methyl sites for hydroxylation is 1. The summed E-state index contributed by atoms with van der Waals surface area (Å²) in [7, 11) is 0. The van der Waals surface area contributed by atoms with Gasteiger partial charge in [-0.1, -0.05) is 6.92 Å². The molecule has 2 N–H and O–H groups in total. The van der Waals surface area contributed by atoms with Gasteiger partial charge in [0.2, 0.25) is 0 Å². The minimum Gasteiger partial charge on any atom is -0.478 e. The first kappa shape index (κ1) is 14.1. The second-order valence-corrected chi connectivity index (χ2v) is 5.89. The van der Waals surface area contributed by atoms with E-state index in [4.69, 9.17) is 5.11 Å². The predicted octanol–water partition coefficient (Wildman–Crippen LogP) is 2.46. The molecule has 5 nitrogen and oxygen atoms in total. The number of aliphatic hydroxyl groups excluding tert-OH is 1. The number of aliphatic hydroxyl groups is 1. The van der Waals surface area contributed by atoms with Gasteiger partial charge in [-0.3, -0.25) is 0 Å². The average Bonchev–Trinajstić information content (AvgIpc) is 2.74. The minimum atomic E-state index is -0.916. The van der Waals surface area contributed by atoms with Gasteiger partial charge < -0.3 is 14.8 Å². The molecule has 1 heterocycles. The van der Waals surface area contributed by atoms with Crippen LogP contribution in [0.2, 0.25) is 0 Å². The van der Waals surface area contributed by atoms with Crippen LogP contribution in [0.3, 0.4) is 0 Å². The molecule has 0 spiro atoms. The zero-order chi connectivity index (χ0) is 15.0. The molecule has 0 atom stereocenters. The maximum Gasteiger partial charge on any atom is 0.335 e. The van der Waals surface area contributed by atoms with Crippen molar-refractivity contribution in [1.29, 1.82) is 0 Å². The van der Waals surface area contributed by atoms with Gasteiger partial charge in [-0.2, -0.15) is 0 Å². The molecule has 112 valence electrons. The summed E-state index contributed by atoms with van der Waals surface area (Å²) in [5.74, 6) is 0.554. The fraction of sp³-hybridized carbons (Fsp3) is 0.500. The molecule has 0 bridgehead atoms. The topological polar surface area (TPSA) is 75.3 Å². The fourth-order valence-corrected chi connectivity index (χ4v) is 3.03. The summed E-state index contributed by atoms with van der Waals surface area (Å²) in [5, 5.41) is 18.6. The number of fused-ring (bicyclic) bond motifs is 1. The molecule has 0 unspecified atom stereocenters. The Morgan fingerprint density at radius 2 is 2.19 bits per heavy atom. The van der Waals surface area contributed by atoms with E-state index in [9.17, 15) is 9.90 Å². The van der Waals surface area contributed by atoms with E-state index in [1.165, 1.54) is 0 Å². The number of benzene rings is 1. The van der Waals surface area contributed by atoms with E-state index >= 15 is 0 Å². The molecule has 0 saturated heterocycles. The quantitative estimate of drug-likeness (QED) is 0.886. The Labute approximate surface area is 123 Å². The number of carboxylic acid groups (broad SMARTS) is 1. The number of hydrogen-bond donors (Lipinski definition) is 2. The molecule has 5 heteroatoms. The van der Waals surface area contributed by atoms with Crippen LogP contribution >= 0.6 is 0 Å². The molecule has 2 aromatic rings. The van der Waals surface area contributed by atoms with Crippen molar-refractivity contribution in [2.75, 3.05) is 0 Å². The van der Waals surface area contributed by atoms with E-state index in [-0.39, 0.29) is 6.10 Å². The third-order valence-electron chi connectivity index (χ3n) is 4.20. The van der Waals surface area contributed by atoms with Gasteiger partial charge in [0.05, 0.1) is 22.7 Å². The van der Waals surface area contributed by atoms with E-state index in [0.717, 1.165) is 49.1 Å². The Hall–Kier alpha value is -1.88. The summed E-state index contributed by atoms with van der Waals surface area (Å²) in [5.41, 5.74) is 2.03. The maximum atomic E-state index is 11.2. The molecule has 3 rings (SSSR count). The highest BCUT2D eigenvalue weighted by molar-refractivity contribution is 5.92. The Balaban J connectivity index is 2.01. The summed E-state index contributed by atoms with van der Waals surface area (Å²) in [6, 6.07) is 5.09. The summed E-state index contributed by atoms with van der Waals surface area (Å²) in [4.78, 5) is 15.8. The summed E-state index contributed by atoms with van der Waals surface area (Å²) in [6.45, 7) is 2.92. The summed E-state index contributed by atoms with van der Waals surface area (Å²) in [6.07, 6.45) is 3.36. The van der Waals surface area contributed by atoms with Crippen molar-refractivity contribution in [2.45, 2.75) is 45.3 Å². The molecule has 0 aliphatic heterocycles. The van der Waals surface area contributed by atoms with E-state index in [0.29, 0.717) is 11.5 Å². The van der Waals surface area contributed by atoms with Gasteiger partial charge in [0.25, 0.3) is 0 Å². The average molecular weight is 288 g/mol. The first-order chi connectivity index (χ1) is 10.1. The molecule has 21 heavy (non-hydrogen) atoms. The van der Waals surface area contributed by atoms with Gasteiger partial charge in [0.1, 0.15) is 5.82 Å². The lowest BCUT2D eigenvalue weighted by Crippen LogP contribution is -2.31. The third kappa shape index (κ3) is 2.65. The van der Waals surface area contributed by atoms with Crippen LogP contribution in [-0.2, 0) is 13.0 Å². The van der Waals surface area contributed by atoms with E-state index in [2.05, 4.69) is 16.5 Å². The van der Waals surface area contributed by atoms with E-state index < -0.39 is 5.97 Å². The molecular formula is C16H20N2O3. The number of aromatic nitrogens is 2. The normalized spacial score (nSPS) is 21.4. The standard InChI is InChI=1S/C16H20N2O3/c1-2-3-15-17-13-5-4-11(16(20)21)8-14(13)18(15)9-10-6-12(19)7-10/h4-5,8,10,12,19H,2-3,6-7,9H2,1H3,(H,20,21). The molecule has 1 saturated carbocycles. The van der Waals surface area contributed by atoms with Crippen LogP contribution in [0.15, 0.2) is 18.2 Å². The van der Waals surface area contributed by atoms with Crippen LogP contribution in [0.25, 0.3) is 11.0 Å². The van der Waals surface area contributed by atoms with Crippen LogP contribution in [0, 0.1) is 5.92 Å². The second-order valence-electron chi connectivity index (χ2n) is 5.89. The Morgan fingerprint density at radius 1 is 1.43 bits per heavy atom. The number of rotatable bonds is 5. The lowest BCUT2D eigenvalue weighted by atomic mass is 9.82. The van der Waals surface area contributed by atoms with Gasteiger partial charge >= 0.3 is 5.97 Å². The largest absolute Gasteiger partial charge is 0.478 e. The van der Waals surface area contributed by atoms with Crippen molar-refractivity contribution >= 4 is 17.0 Å². The molecule has 1 fully saturated rings. The molecular weight excluding hydrogens is 268 g/mol. The van der Waals surface area contributed by atoms with Gasteiger partial charge in [-0.15, -0.1) is 0 Å². The summed E-state index contributed by atoms with van der Waals surface area (Å²) >= 11 is 0. The third-order valence-corrected chi connectivity index (χ3v) is 4.20. The molecule has 1 aliphatic carbocycles. The van der Waals surface area contributed by atoms with Crippen molar-refractivity contribution < 1.29 is 15.0 Å². The zero-order valence-corrected chi connectivity index (χ0v) is 12.1. The smallest absolute Gasteiger partial charge is 0.335 e. The Kier molecular flexibility index (Phi) is 3.68. The predicted molar refractivity (Wildman–Crippen MR) is 79.4 cm³/mol. The minimum absolute atomic E-state index is 0.172. The van der Waals surface area contributed by atoms with Gasteiger partial charge in [0, 0.05) is 13.0 Å². The molecule has 1 aliphatic rings. The van der Waals surface area contributed by atoms with Gasteiger partial charge in [-0.05, 0) is 43.4 Å². The summed E-state index contributed by atoms with van der Waals surface area (Å²) < 4.78 is 2.14. The zero-order valence-electron chi connectivity index (χ0n) is 12.1. The maximum absolute atomic E-state index is 11.2. The van der Waals surface area contributed by atoms with Crippen molar-refractivity contribution in [3.05, 3.63) is 29.6 Å². The number of hydrogen-bond acceptors (Lipinski definition) is 3. The monoisotopic (exact) mass is 288 g/mol. The van der Waals surface area contributed by atoms with Gasteiger partial charge in [0.15, 0.2) is 0 Å². The first-order valence-corrected chi connectivity index (χ1v) is 7.49. The van der Waals surface area contributed by atoms with E-state index in [1.807, 2.05) is 0 Å². The van der Waals surface area contributed by atoms with Crippen molar-refractivity contribution in [1.82, 2.24) is 9.55 Å². The fourth-order valence-electron chi connectivity index (χ4n) is 3.03. The molecule has 0 radical (unpaired) electrons. The number of carboxylic acids is 1. The number of aromatic carboxylic acids is 1.